The molecular formula is C26H20FN3O4S2. The number of halogens is 1. The normalized spacial score (nSPS) is 11.5. The fourth-order valence-corrected chi connectivity index (χ4v) is 5.83. The second-order valence-corrected chi connectivity index (χ2v) is 10.9. The summed E-state index contributed by atoms with van der Waals surface area (Å²) in [6.07, 6.45) is 1.51. The van der Waals surface area contributed by atoms with Crippen molar-refractivity contribution in [3.05, 3.63) is 108 Å². The summed E-state index contributed by atoms with van der Waals surface area (Å²) in [6, 6.07) is 22.2. The van der Waals surface area contributed by atoms with E-state index in [0.29, 0.717) is 26.8 Å². The molecule has 10 heteroatoms. The molecule has 0 atom stereocenters. The maximum absolute atomic E-state index is 13.7. The van der Waals surface area contributed by atoms with Crippen molar-refractivity contribution in [2.75, 3.05) is 16.3 Å². The summed E-state index contributed by atoms with van der Waals surface area (Å²) < 4.78 is 47.1. The Labute approximate surface area is 211 Å². The Morgan fingerprint density at radius 3 is 2.44 bits per heavy atom. The summed E-state index contributed by atoms with van der Waals surface area (Å²) in [4.78, 5) is 19.5. The Bertz CT molecular complexity index is 1620. The van der Waals surface area contributed by atoms with Gasteiger partial charge >= 0.3 is 0 Å². The fraction of sp³-hybridized carbons (Fsp3) is 0.0769. The van der Waals surface area contributed by atoms with E-state index in [-0.39, 0.29) is 22.8 Å². The molecule has 0 unspecified atom stereocenters. The third kappa shape index (κ3) is 4.60. The third-order valence-electron chi connectivity index (χ3n) is 5.59. The van der Waals surface area contributed by atoms with Gasteiger partial charge in [-0.2, -0.15) is 0 Å². The van der Waals surface area contributed by atoms with Crippen LogP contribution in [0.25, 0.3) is 10.2 Å². The van der Waals surface area contributed by atoms with Crippen LogP contribution in [0, 0.1) is 5.82 Å². The number of rotatable bonds is 7. The zero-order valence-corrected chi connectivity index (χ0v) is 20.7. The average Bonchev–Trinajstić information content (AvgIpc) is 3.56. The second-order valence-electron chi connectivity index (χ2n) is 7.91. The largest absolute Gasteiger partial charge is 0.467 e. The van der Waals surface area contributed by atoms with Crippen LogP contribution in [0.3, 0.4) is 0 Å². The molecule has 0 aliphatic carbocycles. The van der Waals surface area contributed by atoms with Crippen LogP contribution in [0.15, 0.2) is 101 Å². The van der Waals surface area contributed by atoms with Crippen LogP contribution in [0.2, 0.25) is 0 Å². The molecule has 2 heterocycles. The molecule has 2 aromatic heterocycles. The van der Waals surface area contributed by atoms with Crippen molar-refractivity contribution in [2.45, 2.75) is 11.4 Å². The molecule has 0 saturated heterocycles. The number of amides is 1. The first-order valence-corrected chi connectivity index (χ1v) is 13.1. The molecule has 0 spiro atoms. The molecule has 182 valence electrons. The monoisotopic (exact) mass is 521 g/mol. The van der Waals surface area contributed by atoms with Crippen molar-refractivity contribution in [3.8, 4) is 0 Å². The first-order chi connectivity index (χ1) is 17.3. The van der Waals surface area contributed by atoms with Gasteiger partial charge in [0.25, 0.3) is 15.9 Å². The number of carbonyl (C=O) groups excluding carboxylic acids is 1. The SMILES string of the molecule is CN(c1ccccc1)S(=O)(=O)c1ccc(C(=O)N(Cc2ccco2)c2nc3ccc(F)cc3s2)cc1. The molecule has 0 aliphatic rings. The first kappa shape index (κ1) is 23.7. The first-order valence-electron chi connectivity index (χ1n) is 10.9. The lowest BCUT2D eigenvalue weighted by Crippen LogP contribution is -2.30. The molecule has 5 aromatic rings. The molecule has 0 N–H and O–H groups in total. The van der Waals surface area contributed by atoms with Crippen molar-refractivity contribution in [1.82, 2.24) is 4.98 Å². The van der Waals surface area contributed by atoms with Crippen molar-refractivity contribution in [3.63, 3.8) is 0 Å². The highest BCUT2D eigenvalue weighted by Gasteiger charge is 2.25. The number of carbonyl (C=O) groups is 1. The lowest BCUT2D eigenvalue weighted by molar-refractivity contribution is 0.0983. The van der Waals surface area contributed by atoms with Crippen LogP contribution in [-0.4, -0.2) is 26.4 Å². The van der Waals surface area contributed by atoms with Gasteiger partial charge in [0.2, 0.25) is 0 Å². The summed E-state index contributed by atoms with van der Waals surface area (Å²) in [7, 11) is -2.34. The number of para-hydroxylation sites is 1. The predicted octanol–water partition coefficient (Wildman–Crippen LogP) is 5.70. The van der Waals surface area contributed by atoms with E-state index >= 15 is 0 Å². The van der Waals surface area contributed by atoms with E-state index < -0.39 is 15.9 Å². The molecule has 0 aliphatic heterocycles. The van der Waals surface area contributed by atoms with Gasteiger partial charge in [0.15, 0.2) is 5.13 Å². The number of furan rings is 1. The molecule has 0 radical (unpaired) electrons. The zero-order chi connectivity index (χ0) is 25.3. The van der Waals surface area contributed by atoms with Crippen molar-refractivity contribution >= 4 is 48.3 Å². The minimum atomic E-state index is -3.82. The van der Waals surface area contributed by atoms with Crippen LogP contribution in [0.4, 0.5) is 15.2 Å². The maximum atomic E-state index is 13.7. The summed E-state index contributed by atoms with van der Waals surface area (Å²) >= 11 is 1.18. The molecule has 7 nitrogen and oxygen atoms in total. The van der Waals surface area contributed by atoms with E-state index in [2.05, 4.69) is 4.98 Å². The Morgan fingerprint density at radius 1 is 1.00 bits per heavy atom. The van der Waals surface area contributed by atoms with Gasteiger partial charge in [-0.1, -0.05) is 29.5 Å². The molecular weight excluding hydrogens is 501 g/mol. The smallest absolute Gasteiger partial charge is 0.264 e. The number of benzene rings is 3. The molecule has 0 saturated carbocycles. The number of nitrogens with zero attached hydrogens (tertiary/aromatic N) is 3. The van der Waals surface area contributed by atoms with Crippen molar-refractivity contribution in [1.29, 1.82) is 0 Å². The average molecular weight is 522 g/mol. The summed E-state index contributed by atoms with van der Waals surface area (Å²) in [5.41, 5.74) is 1.36. The number of thiazole rings is 1. The topological polar surface area (TPSA) is 83.7 Å². The van der Waals surface area contributed by atoms with Crippen LogP contribution < -0.4 is 9.21 Å². The molecule has 5 rings (SSSR count). The van der Waals surface area contributed by atoms with E-state index in [4.69, 9.17) is 4.42 Å². The quantitative estimate of drug-likeness (QED) is 0.274. The molecule has 36 heavy (non-hydrogen) atoms. The van der Waals surface area contributed by atoms with Gasteiger partial charge in [-0.15, -0.1) is 0 Å². The lowest BCUT2D eigenvalue weighted by atomic mass is 10.2. The van der Waals surface area contributed by atoms with Crippen LogP contribution in [0.5, 0.6) is 0 Å². The minimum Gasteiger partial charge on any atom is -0.467 e. The van der Waals surface area contributed by atoms with E-state index in [0.717, 1.165) is 0 Å². The van der Waals surface area contributed by atoms with Gasteiger partial charge in [-0.3, -0.25) is 14.0 Å². The van der Waals surface area contributed by atoms with Gasteiger partial charge < -0.3 is 4.42 Å². The van der Waals surface area contributed by atoms with Crippen LogP contribution in [-0.2, 0) is 16.6 Å². The maximum Gasteiger partial charge on any atom is 0.264 e. The molecule has 0 bridgehead atoms. The highest BCUT2D eigenvalue weighted by Crippen LogP contribution is 2.32. The molecule has 1 amide bonds. The van der Waals surface area contributed by atoms with Gasteiger partial charge in [0.1, 0.15) is 11.6 Å². The lowest BCUT2D eigenvalue weighted by Gasteiger charge is -2.21. The van der Waals surface area contributed by atoms with E-state index in [9.17, 15) is 17.6 Å². The van der Waals surface area contributed by atoms with E-state index in [1.165, 1.54) is 70.3 Å². The number of anilines is 2. The van der Waals surface area contributed by atoms with Gasteiger partial charge in [-0.25, -0.2) is 17.8 Å². The third-order valence-corrected chi connectivity index (χ3v) is 8.43. The summed E-state index contributed by atoms with van der Waals surface area (Å²) in [5.74, 6) is -0.248. The minimum absolute atomic E-state index is 0.0541. The Balaban J connectivity index is 1.46. The van der Waals surface area contributed by atoms with Gasteiger partial charge in [0.05, 0.1) is 33.6 Å². The van der Waals surface area contributed by atoms with Crippen molar-refractivity contribution < 1.29 is 22.0 Å². The molecule has 0 fully saturated rings. The van der Waals surface area contributed by atoms with E-state index in [1.807, 2.05) is 0 Å². The Morgan fingerprint density at radius 2 is 1.75 bits per heavy atom. The number of aromatic nitrogens is 1. The Hall–Kier alpha value is -4.02. The highest BCUT2D eigenvalue weighted by molar-refractivity contribution is 7.92. The fourth-order valence-electron chi connectivity index (χ4n) is 3.65. The van der Waals surface area contributed by atoms with Crippen molar-refractivity contribution in [2.24, 2.45) is 0 Å². The van der Waals surface area contributed by atoms with Crippen LogP contribution in [0.1, 0.15) is 16.1 Å². The van der Waals surface area contributed by atoms with Gasteiger partial charge in [0, 0.05) is 12.6 Å². The second kappa shape index (κ2) is 9.56. The summed E-state index contributed by atoms with van der Waals surface area (Å²) in [6.45, 7) is 0.102. The zero-order valence-electron chi connectivity index (χ0n) is 19.0. The molecule has 3 aromatic carbocycles. The highest BCUT2D eigenvalue weighted by atomic mass is 32.2. The number of fused-ring (bicyclic) bond motifs is 1. The summed E-state index contributed by atoms with van der Waals surface area (Å²) in [5, 5.41) is 0.373. The number of hydrogen-bond donors (Lipinski definition) is 0. The van der Waals surface area contributed by atoms with E-state index in [1.54, 1.807) is 48.5 Å². The van der Waals surface area contributed by atoms with Gasteiger partial charge in [-0.05, 0) is 66.7 Å². The standard InChI is InChI=1S/C26H20FN3O4S2/c1-29(20-6-3-2-4-7-20)36(32,33)22-12-9-18(10-13-22)25(31)30(17-21-8-5-15-34-21)26-28-23-14-11-19(27)16-24(23)35-26/h2-16H,17H2,1H3. The number of hydrogen-bond acceptors (Lipinski definition) is 6. The number of sulfonamides is 1. The van der Waals surface area contributed by atoms with Crippen LogP contribution >= 0.6 is 11.3 Å². The Kier molecular flexibility index (Phi) is 6.29. The predicted molar refractivity (Wildman–Crippen MR) is 137 cm³/mol.